The van der Waals surface area contributed by atoms with Crippen LogP contribution in [-0.2, 0) is 0 Å². The smallest absolute Gasteiger partial charge is 0.171 e. The number of rotatable bonds is 0. The van der Waals surface area contributed by atoms with Crippen molar-refractivity contribution in [2.45, 2.75) is 37.8 Å². The Kier molecular flexibility index (Phi) is 1.92. The van der Waals surface area contributed by atoms with Crippen LogP contribution in [0.25, 0.3) is 0 Å². The van der Waals surface area contributed by atoms with E-state index in [2.05, 4.69) is 0 Å². The maximum Gasteiger partial charge on any atom is 0.392 e. The zero-order valence-corrected chi connectivity index (χ0v) is 9.01. The Morgan fingerprint density at radius 2 is 1.81 bits per heavy atom. The Hall–Kier alpha value is -0.990. The van der Waals surface area contributed by atoms with Crippen LogP contribution in [0.2, 0.25) is 0 Å². The van der Waals surface area contributed by atoms with Crippen LogP contribution < -0.4 is 0 Å². The second-order valence-corrected chi connectivity index (χ2v) is 4.94. The molecule has 3 rings (SSSR count). The van der Waals surface area contributed by atoms with Crippen molar-refractivity contribution >= 4 is 0 Å². The lowest BCUT2D eigenvalue weighted by atomic mass is 9.89. The maximum atomic E-state index is 13.0. The molecule has 1 fully saturated rings. The number of alkyl halides is 3. The average molecular weight is 226 g/mol. The van der Waals surface area contributed by atoms with Crippen molar-refractivity contribution in [2.75, 3.05) is 0 Å². The molecule has 3 atom stereocenters. The van der Waals surface area contributed by atoms with Crippen molar-refractivity contribution in [2.24, 2.45) is 5.92 Å². The Morgan fingerprint density at radius 1 is 1.12 bits per heavy atom. The van der Waals surface area contributed by atoms with Gasteiger partial charge in [0.05, 0.1) is 5.92 Å². The Balaban J connectivity index is 2.13. The maximum absolute atomic E-state index is 13.0. The summed E-state index contributed by atoms with van der Waals surface area (Å²) in [6, 6.07) is 5.68. The van der Waals surface area contributed by atoms with E-state index >= 15 is 0 Å². The van der Waals surface area contributed by atoms with Gasteiger partial charge >= 0.3 is 6.18 Å². The molecule has 16 heavy (non-hydrogen) atoms. The molecule has 0 nitrogen and oxygen atoms in total. The normalized spacial score (nSPS) is 31.9. The van der Waals surface area contributed by atoms with E-state index < -0.39 is 12.1 Å². The lowest BCUT2D eigenvalue weighted by Gasteiger charge is -2.19. The third-order valence-corrected chi connectivity index (χ3v) is 4.16. The second-order valence-electron chi connectivity index (χ2n) is 4.94. The number of hydrogen-bond donors (Lipinski definition) is 0. The molecule has 2 aliphatic carbocycles. The van der Waals surface area contributed by atoms with Gasteiger partial charge < -0.3 is 0 Å². The van der Waals surface area contributed by atoms with Gasteiger partial charge in [0.15, 0.2) is 0 Å². The van der Waals surface area contributed by atoms with Crippen LogP contribution in [0.1, 0.15) is 41.4 Å². The van der Waals surface area contributed by atoms with Crippen LogP contribution in [0.4, 0.5) is 13.2 Å². The topological polar surface area (TPSA) is 0 Å². The lowest BCUT2D eigenvalue weighted by molar-refractivity contribution is -0.177. The summed E-state index contributed by atoms with van der Waals surface area (Å²) < 4.78 is 39.0. The molecule has 0 saturated heterocycles. The van der Waals surface area contributed by atoms with E-state index in [0.717, 1.165) is 16.7 Å². The summed E-state index contributed by atoms with van der Waals surface area (Å²) in [4.78, 5) is 0. The van der Waals surface area contributed by atoms with E-state index in [-0.39, 0.29) is 11.8 Å². The van der Waals surface area contributed by atoms with Crippen molar-refractivity contribution in [1.29, 1.82) is 0 Å². The minimum atomic E-state index is -4.04. The van der Waals surface area contributed by atoms with Gasteiger partial charge in [0.2, 0.25) is 0 Å². The molecule has 1 aromatic carbocycles. The molecule has 0 amide bonds. The average Bonchev–Trinajstić information content (AvgIpc) is 2.72. The summed E-state index contributed by atoms with van der Waals surface area (Å²) in [5.41, 5.74) is 2.97. The fraction of sp³-hybridized carbons (Fsp3) is 0.538. The number of aryl methyl sites for hydroxylation is 1. The predicted octanol–water partition coefficient (Wildman–Crippen LogP) is 4.15. The Bertz CT molecular complexity index is 433. The quantitative estimate of drug-likeness (QED) is 0.623. The molecule has 1 aromatic rings. The molecule has 1 saturated carbocycles. The first kappa shape index (κ1) is 10.2. The molecule has 0 spiro atoms. The largest absolute Gasteiger partial charge is 0.392 e. The number of hydrogen-bond acceptors (Lipinski definition) is 0. The summed E-state index contributed by atoms with van der Waals surface area (Å²) in [6.45, 7) is 1.92. The van der Waals surface area contributed by atoms with Crippen molar-refractivity contribution in [3.05, 3.63) is 34.9 Å². The van der Waals surface area contributed by atoms with Crippen LogP contribution in [-0.4, -0.2) is 6.18 Å². The first-order valence-electron chi connectivity index (χ1n) is 5.66. The number of fused-ring (bicyclic) bond motifs is 5. The summed E-state index contributed by atoms with van der Waals surface area (Å²) in [5, 5.41) is 0. The number of benzene rings is 1. The standard InChI is InChI=1S/C13H13F3/c1-7-3-2-4-8-9-5-6-10(11(7)8)12(9)13(14,15)16/h2-4,9-10,12H,5-6H2,1H3. The van der Waals surface area contributed by atoms with Gasteiger partial charge in [-0.2, -0.15) is 13.2 Å². The highest BCUT2D eigenvalue weighted by atomic mass is 19.4. The molecule has 0 aliphatic heterocycles. The van der Waals surface area contributed by atoms with Crippen molar-refractivity contribution in [3.8, 4) is 0 Å². The van der Waals surface area contributed by atoms with Gasteiger partial charge in [-0.25, -0.2) is 0 Å². The van der Waals surface area contributed by atoms with Crippen molar-refractivity contribution in [3.63, 3.8) is 0 Å². The fourth-order valence-corrected chi connectivity index (χ4v) is 3.66. The van der Waals surface area contributed by atoms with Gasteiger partial charge in [0, 0.05) is 0 Å². The molecule has 3 heteroatoms. The summed E-state index contributed by atoms with van der Waals surface area (Å²) >= 11 is 0. The SMILES string of the molecule is Cc1cccc2c1C1CCC2C1C(F)(F)F. The third kappa shape index (κ3) is 1.17. The Labute approximate surface area is 92.5 Å². The van der Waals surface area contributed by atoms with E-state index in [4.69, 9.17) is 0 Å². The monoisotopic (exact) mass is 226 g/mol. The van der Waals surface area contributed by atoms with Gasteiger partial charge in [0.1, 0.15) is 0 Å². The van der Waals surface area contributed by atoms with Gasteiger partial charge in [-0.15, -0.1) is 0 Å². The summed E-state index contributed by atoms with van der Waals surface area (Å²) in [5.74, 6) is -1.68. The highest BCUT2D eigenvalue weighted by molar-refractivity contribution is 5.47. The zero-order chi connectivity index (χ0) is 11.5. The highest BCUT2D eigenvalue weighted by Crippen LogP contribution is 2.62. The van der Waals surface area contributed by atoms with E-state index in [0.29, 0.717) is 12.8 Å². The molecule has 0 N–H and O–H groups in total. The highest BCUT2D eigenvalue weighted by Gasteiger charge is 2.58. The van der Waals surface area contributed by atoms with Crippen molar-refractivity contribution < 1.29 is 13.2 Å². The molecular weight excluding hydrogens is 213 g/mol. The van der Waals surface area contributed by atoms with Crippen LogP contribution in [0.5, 0.6) is 0 Å². The number of halogens is 3. The molecule has 3 unspecified atom stereocenters. The van der Waals surface area contributed by atoms with Gasteiger partial charge in [-0.3, -0.25) is 0 Å². The summed E-state index contributed by atoms with van der Waals surface area (Å²) in [6.07, 6.45) is -2.64. The predicted molar refractivity (Wildman–Crippen MR) is 55.4 cm³/mol. The second kappa shape index (κ2) is 3.02. The Morgan fingerprint density at radius 3 is 2.44 bits per heavy atom. The molecule has 2 aliphatic rings. The molecule has 0 radical (unpaired) electrons. The zero-order valence-electron chi connectivity index (χ0n) is 9.01. The molecule has 2 bridgehead atoms. The first-order valence-corrected chi connectivity index (χ1v) is 5.66. The van der Waals surface area contributed by atoms with E-state index in [1.165, 1.54) is 0 Å². The fourth-order valence-electron chi connectivity index (χ4n) is 3.66. The van der Waals surface area contributed by atoms with Crippen LogP contribution in [0.15, 0.2) is 18.2 Å². The molecule has 0 heterocycles. The van der Waals surface area contributed by atoms with Crippen molar-refractivity contribution in [1.82, 2.24) is 0 Å². The van der Waals surface area contributed by atoms with Gasteiger partial charge in [0.25, 0.3) is 0 Å². The van der Waals surface area contributed by atoms with E-state index in [1.807, 2.05) is 25.1 Å². The van der Waals surface area contributed by atoms with Crippen LogP contribution in [0.3, 0.4) is 0 Å². The van der Waals surface area contributed by atoms with Crippen LogP contribution >= 0.6 is 0 Å². The van der Waals surface area contributed by atoms with Gasteiger partial charge in [-0.05, 0) is 48.3 Å². The van der Waals surface area contributed by atoms with E-state index in [9.17, 15) is 13.2 Å². The molecule has 0 aromatic heterocycles. The third-order valence-electron chi connectivity index (χ3n) is 4.16. The summed E-state index contributed by atoms with van der Waals surface area (Å²) in [7, 11) is 0. The van der Waals surface area contributed by atoms with Crippen LogP contribution in [0, 0.1) is 12.8 Å². The van der Waals surface area contributed by atoms with Gasteiger partial charge in [-0.1, -0.05) is 18.2 Å². The molecular formula is C13H13F3. The molecule has 86 valence electrons. The first-order chi connectivity index (χ1) is 7.50. The van der Waals surface area contributed by atoms with E-state index in [1.54, 1.807) is 0 Å². The lowest BCUT2D eigenvalue weighted by Crippen LogP contribution is -2.25. The minimum Gasteiger partial charge on any atom is -0.171 e. The minimum absolute atomic E-state index is 0.277.